The number of amides is 1. The molecule has 3 heterocycles. The molecule has 1 atom stereocenters. The Balaban J connectivity index is 1.38. The van der Waals surface area contributed by atoms with E-state index in [2.05, 4.69) is 56.5 Å². The molecule has 1 unspecified atom stereocenters. The summed E-state index contributed by atoms with van der Waals surface area (Å²) in [5.41, 5.74) is 5.56. The van der Waals surface area contributed by atoms with Gasteiger partial charge in [-0.05, 0) is 52.9 Å². The van der Waals surface area contributed by atoms with E-state index in [-0.39, 0.29) is 11.9 Å². The second-order valence-electron chi connectivity index (χ2n) is 8.21. The third kappa shape index (κ3) is 4.47. The van der Waals surface area contributed by atoms with Crippen molar-refractivity contribution < 1.29 is 9.32 Å². The van der Waals surface area contributed by atoms with Crippen molar-refractivity contribution in [1.82, 2.24) is 15.4 Å². The van der Waals surface area contributed by atoms with E-state index < -0.39 is 0 Å². The molecule has 0 bridgehead atoms. The maximum absolute atomic E-state index is 13.3. The van der Waals surface area contributed by atoms with E-state index in [0.717, 1.165) is 19.5 Å². The van der Waals surface area contributed by atoms with Crippen LogP contribution in [-0.2, 0) is 13.0 Å². The monoisotopic (exact) mass is 477 g/mol. The van der Waals surface area contributed by atoms with Crippen LogP contribution in [-0.4, -0.2) is 29.1 Å². The molecule has 0 saturated heterocycles. The lowest BCUT2D eigenvalue weighted by Crippen LogP contribution is -2.40. The molecule has 0 aliphatic carbocycles. The quantitative estimate of drug-likeness (QED) is 0.376. The number of thiophene rings is 1. The lowest BCUT2D eigenvalue weighted by molar-refractivity contribution is 0.0927. The Labute approximate surface area is 202 Å². The number of nitrogens with zero attached hydrogens (tertiary/aromatic N) is 2. The fraction of sp³-hybridized carbons (Fsp3) is 0.231. The zero-order valence-electron chi connectivity index (χ0n) is 18.3. The summed E-state index contributed by atoms with van der Waals surface area (Å²) in [6.45, 7) is 4.05. The molecule has 4 aromatic rings. The molecule has 5 nitrogen and oxygen atoms in total. The molecule has 168 valence electrons. The first-order chi connectivity index (χ1) is 16.1. The van der Waals surface area contributed by atoms with Crippen molar-refractivity contribution in [3.63, 3.8) is 0 Å². The molecule has 2 aromatic heterocycles. The van der Waals surface area contributed by atoms with Gasteiger partial charge in [0.05, 0.1) is 11.1 Å². The van der Waals surface area contributed by atoms with Crippen LogP contribution in [0.5, 0.6) is 0 Å². The Morgan fingerprint density at radius 3 is 2.76 bits per heavy atom. The molecular weight excluding hydrogens is 454 g/mol. The molecule has 1 aliphatic rings. The highest BCUT2D eigenvalue weighted by atomic mass is 35.5. The van der Waals surface area contributed by atoms with E-state index in [1.807, 2.05) is 18.2 Å². The zero-order chi connectivity index (χ0) is 22.8. The Morgan fingerprint density at radius 1 is 1.18 bits per heavy atom. The number of benzene rings is 2. The molecule has 33 heavy (non-hydrogen) atoms. The summed E-state index contributed by atoms with van der Waals surface area (Å²) in [6.07, 6.45) is 1.01. The van der Waals surface area contributed by atoms with Crippen LogP contribution in [0, 0.1) is 6.92 Å². The van der Waals surface area contributed by atoms with Gasteiger partial charge >= 0.3 is 0 Å². The van der Waals surface area contributed by atoms with Gasteiger partial charge in [0.15, 0.2) is 0 Å². The van der Waals surface area contributed by atoms with Crippen LogP contribution in [0.4, 0.5) is 0 Å². The summed E-state index contributed by atoms with van der Waals surface area (Å²) < 4.78 is 5.38. The minimum absolute atomic E-state index is 0.0810. The number of hydrogen-bond acceptors (Lipinski definition) is 5. The zero-order valence-corrected chi connectivity index (χ0v) is 19.8. The largest absolute Gasteiger partial charge is 0.360 e. The van der Waals surface area contributed by atoms with E-state index in [4.69, 9.17) is 16.1 Å². The van der Waals surface area contributed by atoms with Crippen LogP contribution in [0.2, 0.25) is 5.02 Å². The van der Waals surface area contributed by atoms with Crippen LogP contribution in [0.1, 0.15) is 38.9 Å². The van der Waals surface area contributed by atoms with Gasteiger partial charge in [0.1, 0.15) is 17.0 Å². The molecule has 0 fully saturated rings. The van der Waals surface area contributed by atoms with Gasteiger partial charge in [-0.15, -0.1) is 0 Å². The minimum atomic E-state index is -0.207. The van der Waals surface area contributed by atoms with Crippen molar-refractivity contribution in [3.8, 4) is 11.3 Å². The minimum Gasteiger partial charge on any atom is -0.360 e. The maximum atomic E-state index is 13.3. The van der Waals surface area contributed by atoms with Gasteiger partial charge in [-0.25, -0.2) is 0 Å². The summed E-state index contributed by atoms with van der Waals surface area (Å²) in [5.74, 6) is 0.266. The standard InChI is InChI=1S/C26H24ClN3O2S/c1-17-24(25(29-32-17)21-8-4-5-9-22(21)27)26(31)28-14-23(20-11-13-33-16-20)30-12-10-18-6-2-3-7-19(18)15-30/h2-9,11,13,16,23H,10,12,14-15H2,1H3,(H,28,31). The number of fused-ring (bicyclic) bond motifs is 1. The first kappa shape index (κ1) is 21.9. The van der Waals surface area contributed by atoms with Crippen LogP contribution >= 0.6 is 22.9 Å². The van der Waals surface area contributed by atoms with Gasteiger partial charge < -0.3 is 9.84 Å². The van der Waals surface area contributed by atoms with Crippen LogP contribution in [0.25, 0.3) is 11.3 Å². The van der Waals surface area contributed by atoms with Crippen LogP contribution in [0.3, 0.4) is 0 Å². The number of halogens is 1. The second kappa shape index (κ2) is 9.51. The van der Waals surface area contributed by atoms with E-state index in [1.165, 1.54) is 16.7 Å². The maximum Gasteiger partial charge on any atom is 0.257 e. The third-order valence-electron chi connectivity index (χ3n) is 6.20. The molecule has 5 rings (SSSR count). The molecular formula is C26H24ClN3O2S. The molecule has 1 amide bonds. The molecule has 2 aromatic carbocycles. The Kier molecular flexibility index (Phi) is 6.31. The highest BCUT2D eigenvalue weighted by molar-refractivity contribution is 7.08. The Morgan fingerprint density at radius 2 is 1.97 bits per heavy atom. The Hall–Kier alpha value is -2.93. The number of aryl methyl sites for hydroxylation is 1. The lowest BCUT2D eigenvalue weighted by Gasteiger charge is -2.35. The van der Waals surface area contributed by atoms with Crippen molar-refractivity contribution in [2.24, 2.45) is 0 Å². The number of rotatable bonds is 6. The summed E-state index contributed by atoms with van der Waals surface area (Å²) in [4.78, 5) is 15.8. The van der Waals surface area contributed by atoms with Crippen LogP contribution < -0.4 is 5.32 Å². The SMILES string of the molecule is Cc1onc(-c2ccccc2Cl)c1C(=O)NCC(c1ccsc1)N1CCc2ccccc2C1. The number of carbonyl (C=O) groups excluding carboxylic acids is 1. The fourth-order valence-corrected chi connectivity index (χ4v) is 5.39. The number of hydrogen-bond donors (Lipinski definition) is 1. The highest BCUT2D eigenvalue weighted by Gasteiger charge is 2.28. The molecule has 1 aliphatic heterocycles. The average Bonchev–Trinajstić information content (AvgIpc) is 3.49. The average molecular weight is 478 g/mol. The Bertz CT molecular complexity index is 1270. The topological polar surface area (TPSA) is 58.4 Å². The summed E-state index contributed by atoms with van der Waals surface area (Å²) in [6, 6.07) is 18.2. The third-order valence-corrected chi connectivity index (χ3v) is 7.23. The molecule has 0 saturated carbocycles. The van der Waals surface area contributed by atoms with Gasteiger partial charge in [0.25, 0.3) is 5.91 Å². The van der Waals surface area contributed by atoms with E-state index in [1.54, 1.807) is 24.3 Å². The van der Waals surface area contributed by atoms with Crippen molar-refractivity contribution in [2.45, 2.75) is 25.9 Å². The fourth-order valence-electron chi connectivity index (χ4n) is 4.46. The second-order valence-corrected chi connectivity index (χ2v) is 9.40. The first-order valence-corrected chi connectivity index (χ1v) is 12.3. The molecule has 0 radical (unpaired) electrons. The van der Waals surface area contributed by atoms with Crippen LogP contribution in [0.15, 0.2) is 69.9 Å². The van der Waals surface area contributed by atoms with E-state index in [0.29, 0.717) is 34.1 Å². The normalized spacial score (nSPS) is 14.6. The summed E-state index contributed by atoms with van der Waals surface area (Å²) in [5, 5.41) is 12.1. The van der Waals surface area contributed by atoms with Gasteiger partial charge in [-0.1, -0.05) is 59.2 Å². The number of aromatic nitrogens is 1. The highest BCUT2D eigenvalue weighted by Crippen LogP contribution is 2.32. The summed E-state index contributed by atoms with van der Waals surface area (Å²) in [7, 11) is 0. The summed E-state index contributed by atoms with van der Waals surface area (Å²) >= 11 is 8.04. The predicted octanol–water partition coefficient (Wildman–Crippen LogP) is 5.89. The number of nitrogens with one attached hydrogen (secondary N) is 1. The lowest BCUT2D eigenvalue weighted by atomic mass is 9.97. The van der Waals surface area contributed by atoms with E-state index in [9.17, 15) is 4.79 Å². The van der Waals surface area contributed by atoms with Crippen molar-refractivity contribution in [2.75, 3.05) is 13.1 Å². The van der Waals surface area contributed by atoms with Gasteiger partial charge in [0.2, 0.25) is 0 Å². The van der Waals surface area contributed by atoms with Gasteiger partial charge in [-0.3, -0.25) is 9.69 Å². The van der Waals surface area contributed by atoms with E-state index >= 15 is 0 Å². The smallest absolute Gasteiger partial charge is 0.257 e. The molecule has 7 heteroatoms. The molecule has 1 N–H and O–H groups in total. The van der Waals surface area contributed by atoms with Gasteiger partial charge in [-0.2, -0.15) is 11.3 Å². The predicted molar refractivity (Wildman–Crippen MR) is 132 cm³/mol. The number of carbonyl (C=O) groups is 1. The van der Waals surface area contributed by atoms with Gasteiger partial charge in [0, 0.05) is 25.2 Å². The molecule has 0 spiro atoms. The van der Waals surface area contributed by atoms with Crippen molar-refractivity contribution >= 4 is 28.8 Å². The first-order valence-electron chi connectivity index (χ1n) is 10.9. The van der Waals surface area contributed by atoms with Crippen molar-refractivity contribution in [3.05, 3.63) is 98.4 Å². The van der Waals surface area contributed by atoms with Crippen molar-refractivity contribution in [1.29, 1.82) is 0 Å².